The first-order chi connectivity index (χ1) is 11.2. The van der Waals surface area contributed by atoms with Crippen molar-refractivity contribution in [1.82, 2.24) is 10.2 Å². The van der Waals surface area contributed by atoms with Crippen LogP contribution < -0.4 is 5.32 Å². The molecule has 0 aromatic heterocycles. The van der Waals surface area contributed by atoms with E-state index < -0.39 is 0 Å². The van der Waals surface area contributed by atoms with E-state index in [0.717, 1.165) is 31.5 Å². The number of hydrogen-bond acceptors (Lipinski definition) is 4. The van der Waals surface area contributed by atoms with Gasteiger partial charge in [-0.3, -0.25) is 0 Å². The van der Waals surface area contributed by atoms with Crippen LogP contribution in [0.2, 0.25) is 5.02 Å². The molecule has 0 bridgehead atoms. The molecule has 1 aromatic rings. The number of nitriles is 2. The second-order valence-electron chi connectivity index (χ2n) is 5.75. The fraction of sp³-hybridized carbons (Fsp3) is 0.444. The molecule has 0 radical (unpaired) electrons. The molecule has 1 saturated heterocycles. The number of piperidine rings is 1. The Morgan fingerprint density at radius 2 is 2.09 bits per heavy atom. The fourth-order valence-corrected chi connectivity index (χ4v) is 3.11. The summed E-state index contributed by atoms with van der Waals surface area (Å²) in [5, 5.41) is 22.5. The predicted molar refractivity (Wildman–Crippen MR) is 91.1 cm³/mol. The second kappa shape index (κ2) is 8.46. The summed E-state index contributed by atoms with van der Waals surface area (Å²) < 4.78 is 0. The van der Waals surface area contributed by atoms with Crippen molar-refractivity contribution in [2.75, 3.05) is 13.1 Å². The van der Waals surface area contributed by atoms with Crippen LogP contribution in [0.4, 0.5) is 0 Å². The maximum atomic E-state index is 9.28. The number of hydrogen-bond donors (Lipinski definition) is 1. The average molecular weight is 329 g/mol. The number of nitrogens with one attached hydrogen (secondary N) is 1. The third-order valence-corrected chi connectivity index (χ3v) is 4.65. The molecule has 2 rings (SSSR count). The minimum atomic E-state index is 0.133. The van der Waals surface area contributed by atoms with Crippen molar-refractivity contribution in [3.63, 3.8) is 0 Å². The van der Waals surface area contributed by atoms with Gasteiger partial charge >= 0.3 is 0 Å². The number of allylic oxidation sites excluding steroid dienone is 1. The third kappa shape index (κ3) is 4.41. The highest BCUT2D eigenvalue weighted by molar-refractivity contribution is 6.31. The summed E-state index contributed by atoms with van der Waals surface area (Å²) in [6.45, 7) is 4.43. The summed E-state index contributed by atoms with van der Waals surface area (Å²) in [7, 11) is 0. The van der Waals surface area contributed by atoms with Gasteiger partial charge in [-0.15, -0.1) is 0 Å². The van der Waals surface area contributed by atoms with E-state index in [0.29, 0.717) is 23.3 Å². The van der Waals surface area contributed by atoms with Crippen molar-refractivity contribution in [2.24, 2.45) is 5.92 Å². The van der Waals surface area contributed by atoms with E-state index in [-0.39, 0.29) is 5.57 Å². The van der Waals surface area contributed by atoms with Gasteiger partial charge in [0.05, 0.1) is 0 Å². The zero-order valence-electron chi connectivity index (χ0n) is 13.3. The van der Waals surface area contributed by atoms with E-state index in [1.807, 2.05) is 36.4 Å². The lowest BCUT2D eigenvalue weighted by molar-refractivity contribution is 0.200. The summed E-state index contributed by atoms with van der Waals surface area (Å²) in [5.41, 5.74) is 1.08. The van der Waals surface area contributed by atoms with Crippen LogP contribution in [0.1, 0.15) is 31.7 Å². The molecular weight excluding hydrogens is 308 g/mol. The molecule has 0 spiro atoms. The van der Waals surface area contributed by atoms with Crippen molar-refractivity contribution in [1.29, 1.82) is 10.5 Å². The Labute approximate surface area is 143 Å². The highest BCUT2D eigenvalue weighted by atomic mass is 35.5. The molecular formula is C18H21ClN4. The molecule has 1 aromatic carbocycles. The summed E-state index contributed by atoms with van der Waals surface area (Å²) in [6.07, 6.45) is 3.40. The maximum absolute atomic E-state index is 9.28. The van der Waals surface area contributed by atoms with Crippen molar-refractivity contribution >= 4 is 11.6 Å². The van der Waals surface area contributed by atoms with E-state index in [1.54, 1.807) is 0 Å². The Kier molecular flexibility index (Phi) is 6.32. The van der Waals surface area contributed by atoms with E-state index >= 15 is 0 Å². The minimum Gasteiger partial charge on any atom is -0.366 e. The number of nitrogens with zero attached hydrogens (tertiary/aromatic N) is 3. The van der Waals surface area contributed by atoms with Crippen LogP contribution in [0.3, 0.4) is 0 Å². The number of likely N-dealkylation sites (tertiary alicyclic amines) is 1. The van der Waals surface area contributed by atoms with Crippen LogP contribution in [0.5, 0.6) is 0 Å². The van der Waals surface area contributed by atoms with Gasteiger partial charge in [0.25, 0.3) is 0 Å². The number of halogens is 1. The molecule has 4 nitrogen and oxygen atoms in total. The second-order valence-corrected chi connectivity index (χ2v) is 6.16. The molecule has 1 aliphatic rings. The molecule has 120 valence electrons. The summed E-state index contributed by atoms with van der Waals surface area (Å²) in [4.78, 5) is 2.14. The van der Waals surface area contributed by atoms with Gasteiger partial charge in [-0.2, -0.15) is 10.5 Å². The highest BCUT2D eigenvalue weighted by Gasteiger charge is 2.23. The summed E-state index contributed by atoms with van der Waals surface area (Å²) in [5.74, 6) is 1.24. The largest absolute Gasteiger partial charge is 0.366 e. The monoisotopic (exact) mass is 328 g/mol. The van der Waals surface area contributed by atoms with Crippen molar-refractivity contribution in [2.45, 2.75) is 32.7 Å². The normalized spacial score (nSPS) is 17.0. The molecule has 0 aliphatic carbocycles. The minimum absolute atomic E-state index is 0.133. The Bertz CT molecular complexity index is 638. The molecule has 1 heterocycles. The molecule has 1 atom stereocenters. The molecule has 0 unspecified atom stereocenters. The quantitative estimate of drug-likeness (QED) is 0.835. The third-order valence-electron chi connectivity index (χ3n) is 4.28. The zero-order valence-corrected chi connectivity index (χ0v) is 14.1. The van der Waals surface area contributed by atoms with E-state index in [9.17, 15) is 10.5 Å². The van der Waals surface area contributed by atoms with Crippen LogP contribution in [0.25, 0.3) is 0 Å². The molecule has 0 saturated carbocycles. The maximum Gasteiger partial charge on any atom is 0.169 e. The van der Waals surface area contributed by atoms with Crippen molar-refractivity contribution in [3.05, 3.63) is 46.2 Å². The average Bonchev–Trinajstić information content (AvgIpc) is 2.60. The Morgan fingerprint density at radius 1 is 1.35 bits per heavy atom. The van der Waals surface area contributed by atoms with Crippen LogP contribution in [0.15, 0.2) is 35.7 Å². The molecule has 0 amide bonds. The lowest BCUT2D eigenvalue weighted by Gasteiger charge is -2.36. The van der Waals surface area contributed by atoms with Gasteiger partial charge in [0, 0.05) is 24.7 Å². The van der Waals surface area contributed by atoms with E-state index in [4.69, 9.17) is 11.6 Å². The van der Waals surface area contributed by atoms with Crippen molar-refractivity contribution in [3.8, 4) is 12.1 Å². The van der Waals surface area contributed by atoms with Crippen LogP contribution in [-0.4, -0.2) is 18.0 Å². The van der Waals surface area contributed by atoms with Gasteiger partial charge in [0.2, 0.25) is 0 Å². The van der Waals surface area contributed by atoms with E-state index in [2.05, 4.69) is 17.1 Å². The van der Waals surface area contributed by atoms with E-state index in [1.165, 1.54) is 6.42 Å². The summed E-state index contributed by atoms with van der Waals surface area (Å²) in [6, 6.07) is 11.6. The van der Waals surface area contributed by atoms with Gasteiger partial charge in [-0.25, -0.2) is 0 Å². The Balaban J connectivity index is 2.19. The summed E-state index contributed by atoms with van der Waals surface area (Å²) >= 11 is 6.19. The lowest BCUT2D eigenvalue weighted by atomic mass is 9.95. The molecule has 1 N–H and O–H groups in total. The lowest BCUT2D eigenvalue weighted by Crippen LogP contribution is -2.40. The molecule has 1 aliphatic heterocycles. The number of benzene rings is 1. The molecule has 23 heavy (non-hydrogen) atoms. The molecule has 5 heteroatoms. The Hall–Kier alpha value is -2.17. The van der Waals surface area contributed by atoms with Gasteiger partial charge in [0.15, 0.2) is 5.57 Å². The van der Waals surface area contributed by atoms with Crippen LogP contribution in [-0.2, 0) is 6.54 Å². The van der Waals surface area contributed by atoms with Crippen LogP contribution >= 0.6 is 11.6 Å². The van der Waals surface area contributed by atoms with Gasteiger partial charge in [-0.1, -0.05) is 43.1 Å². The predicted octanol–water partition coefficient (Wildman–Crippen LogP) is 3.81. The zero-order chi connectivity index (χ0) is 16.7. The topological polar surface area (TPSA) is 62.9 Å². The smallest absolute Gasteiger partial charge is 0.169 e. The SMILES string of the molecule is CC[C@@H]1CCCN(C(NCc2ccccc2Cl)=C(C#N)C#N)C1. The first-order valence-electron chi connectivity index (χ1n) is 7.96. The number of rotatable bonds is 5. The van der Waals surface area contributed by atoms with Gasteiger partial charge in [0.1, 0.15) is 18.0 Å². The first kappa shape index (κ1) is 17.2. The van der Waals surface area contributed by atoms with Gasteiger partial charge in [-0.05, 0) is 30.4 Å². The highest BCUT2D eigenvalue weighted by Crippen LogP contribution is 2.23. The Morgan fingerprint density at radius 3 is 2.74 bits per heavy atom. The van der Waals surface area contributed by atoms with Crippen LogP contribution in [0, 0.1) is 28.6 Å². The van der Waals surface area contributed by atoms with Crippen molar-refractivity contribution < 1.29 is 0 Å². The first-order valence-corrected chi connectivity index (χ1v) is 8.34. The molecule has 1 fully saturated rings. The fourth-order valence-electron chi connectivity index (χ4n) is 2.91. The van der Waals surface area contributed by atoms with Gasteiger partial charge < -0.3 is 10.2 Å². The standard InChI is InChI=1S/C18H21ClN4/c1-2-14-6-5-9-23(13-14)18(16(10-20)11-21)22-12-15-7-3-4-8-17(15)19/h3-4,7-8,14,22H,2,5-6,9,12-13H2,1H3/t14-/m1/s1.